The van der Waals surface area contributed by atoms with E-state index in [2.05, 4.69) is 31.1 Å². The highest BCUT2D eigenvalue weighted by Gasteiger charge is 2.29. The van der Waals surface area contributed by atoms with Crippen LogP contribution in [0.3, 0.4) is 0 Å². The van der Waals surface area contributed by atoms with E-state index in [0.29, 0.717) is 13.2 Å². The molecule has 1 saturated heterocycles. The minimum atomic E-state index is -0.159. The zero-order valence-corrected chi connectivity index (χ0v) is 12.9. The molecule has 1 aromatic carbocycles. The number of aromatic nitrogens is 1. The Kier molecular flexibility index (Phi) is 3.49. The van der Waals surface area contributed by atoms with E-state index in [1.807, 2.05) is 18.2 Å². The summed E-state index contributed by atoms with van der Waals surface area (Å²) in [5, 5.41) is 4.30. The van der Waals surface area contributed by atoms with Crippen molar-refractivity contribution in [2.24, 2.45) is 0 Å². The zero-order chi connectivity index (χ0) is 15.0. The summed E-state index contributed by atoms with van der Waals surface area (Å²) in [5.41, 5.74) is 4.00. The quantitative estimate of drug-likeness (QED) is 0.891. The van der Waals surface area contributed by atoms with Gasteiger partial charge in [-0.3, -0.25) is 4.79 Å². The molecule has 4 nitrogen and oxygen atoms in total. The lowest BCUT2D eigenvalue weighted by molar-refractivity contribution is 0.0423. The van der Waals surface area contributed by atoms with Crippen molar-refractivity contribution < 1.29 is 9.53 Å². The van der Waals surface area contributed by atoms with Crippen molar-refractivity contribution in [3.63, 3.8) is 0 Å². The molecule has 112 valence electrons. The lowest BCUT2D eigenvalue weighted by Gasteiger charge is -2.34. The van der Waals surface area contributed by atoms with Crippen LogP contribution in [0.15, 0.2) is 18.2 Å². The molecule has 0 aliphatic carbocycles. The smallest absolute Gasteiger partial charge is 0.251 e. The first-order valence-electron chi connectivity index (χ1n) is 7.48. The SMILES string of the molecule is Cc1[nH]c2ccc(C(=O)NC3(C)CCOCC3)cc2c1C. The maximum absolute atomic E-state index is 12.5. The number of H-pyrrole nitrogens is 1. The minimum absolute atomic E-state index is 0.000414. The Labute approximate surface area is 124 Å². The van der Waals surface area contributed by atoms with Crippen LogP contribution in [0.1, 0.15) is 41.4 Å². The highest BCUT2D eigenvalue weighted by Crippen LogP contribution is 2.24. The standard InChI is InChI=1S/C17H22N2O2/c1-11-12(2)18-15-5-4-13(10-14(11)15)16(20)19-17(3)6-8-21-9-7-17/h4-5,10,18H,6-9H2,1-3H3,(H,19,20). The molecule has 2 aromatic rings. The summed E-state index contributed by atoms with van der Waals surface area (Å²) in [4.78, 5) is 15.9. The van der Waals surface area contributed by atoms with Gasteiger partial charge in [-0.15, -0.1) is 0 Å². The van der Waals surface area contributed by atoms with Crippen LogP contribution < -0.4 is 5.32 Å². The minimum Gasteiger partial charge on any atom is -0.381 e. The van der Waals surface area contributed by atoms with E-state index in [4.69, 9.17) is 4.74 Å². The molecule has 1 aliphatic rings. The summed E-state index contributed by atoms with van der Waals surface area (Å²) < 4.78 is 5.37. The van der Waals surface area contributed by atoms with Gasteiger partial charge in [0.2, 0.25) is 0 Å². The van der Waals surface area contributed by atoms with Gasteiger partial charge in [-0.2, -0.15) is 0 Å². The highest BCUT2D eigenvalue weighted by atomic mass is 16.5. The van der Waals surface area contributed by atoms with Crippen LogP contribution in [-0.4, -0.2) is 29.6 Å². The van der Waals surface area contributed by atoms with Crippen molar-refractivity contribution in [3.8, 4) is 0 Å². The fourth-order valence-corrected chi connectivity index (χ4v) is 2.90. The molecule has 1 aromatic heterocycles. The predicted octanol–water partition coefficient (Wildman–Crippen LogP) is 3.08. The van der Waals surface area contributed by atoms with Crippen molar-refractivity contribution in [1.29, 1.82) is 0 Å². The maximum atomic E-state index is 12.5. The first kappa shape index (κ1) is 14.1. The molecule has 0 saturated carbocycles. The number of aryl methyl sites for hydroxylation is 2. The molecule has 2 heterocycles. The Morgan fingerprint density at radius 1 is 1.29 bits per heavy atom. The van der Waals surface area contributed by atoms with Gasteiger partial charge >= 0.3 is 0 Å². The van der Waals surface area contributed by atoms with Crippen LogP contribution in [0.2, 0.25) is 0 Å². The third kappa shape index (κ3) is 2.68. The topological polar surface area (TPSA) is 54.1 Å². The van der Waals surface area contributed by atoms with Crippen LogP contribution in [0.25, 0.3) is 10.9 Å². The van der Waals surface area contributed by atoms with E-state index in [-0.39, 0.29) is 11.4 Å². The molecule has 0 bridgehead atoms. The number of benzene rings is 1. The molecule has 0 atom stereocenters. The average Bonchev–Trinajstić information content (AvgIpc) is 2.74. The molecule has 0 radical (unpaired) electrons. The summed E-state index contributed by atoms with van der Waals surface area (Å²) in [6, 6.07) is 5.85. The van der Waals surface area contributed by atoms with Crippen molar-refractivity contribution in [2.75, 3.05) is 13.2 Å². The molecule has 1 fully saturated rings. The number of rotatable bonds is 2. The predicted molar refractivity (Wildman–Crippen MR) is 83.7 cm³/mol. The number of aromatic amines is 1. The molecular weight excluding hydrogens is 264 g/mol. The number of nitrogens with one attached hydrogen (secondary N) is 2. The highest BCUT2D eigenvalue weighted by molar-refractivity contribution is 5.99. The number of carbonyl (C=O) groups is 1. The lowest BCUT2D eigenvalue weighted by Crippen LogP contribution is -2.49. The summed E-state index contributed by atoms with van der Waals surface area (Å²) in [7, 11) is 0. The van der Waals surface area contributed by atoms with E-state index < -0.39 is 0 Å². The van der Waals surface area contributed by atoms with Crippen LogP contribution in [0, 0.1) is 13.8 Å². The first-order valence-corrected chi connectivity index (χ1v) is 7.48. The van der Waals surface area contributed by atoms with E-state index in [0.717, 1.165) is 35.0 Å². The third-order valence-corrected chi connectivity index (χ3v) is 4.58. The van der Waals surface area contributed by atoms with Crippen molar-refractivity contribution in [2.45, 2.75) is 39.2 Å². The molecule has 21 heavy (non-hydrogen) atoms. The van der Waals surface area contributed by atoms with Gasteiger partial charge in [0.25, 0.3) is 5.91 Å². The Balaban J connectivity index is 1.85. The molecule has 0 unspecified atom stereocenters. The molecule has 3 rings (SSSR count). The second kappa shape index (κ2) is 5.19. The lowest BCUT2D eigenvalue weighted by atomic mass is 9.92. The van der Waals surface area contributed by atoms with Gasteiger partial charge < -0.3 is 15.0 Å². The number of carbonyl (C=O) groups excluding carboxylic acids is 1. The Bertz CT molecular complexity index is 681. The van der Waals surface area contributed by atoms with Gasteiger partial charge in [0.05, 0.1) is 0 Å². The van der Waals surface area contributed by atoms with Gasteiger partial charge in [0.15, 0.2) is 0 Å². The van der Waals surface area contributed by atoms with Crippen LogP contribution in [0.4, 0.5) is 0 Å². The normalized spacial score (nSPS) is 17.9. The van der Waals surface area contributed by atoms with Gasteiger partial charge in [-0.05, 0) is 57.4 Å². The van der Waals surface area contributed by atoms with Crippen LogP contribution in [0.5, 0.6) is 0 Å². The molecule has 2 N–H and O–H groups in total. The number of hydrogen-bond acceptors (Lipinski definition) is 2. The molecular formula is C17H22N2O2. The van der Waals surface area contributed by atoms with E-state index >= 15 is 0 Å². The van der Waals surface area contributed by atoms with Gasteiger partial charge in [0.1, 0.15) is 0 Å². The molecule has 4 heteroatoms. The third-order valence-electron chi connectivity index (χ3n) is 4.58. The van der Waals surface area contributed by atoms with E-state index in [1.165, 1.54) is 5.56 Å². The second-order valence-corrected chi connectivity index (χ2v) is 6.26. The maximum Gasteiger partial charge on any atom is 0.251 e. The van der Waals surface area contributed by atoms with Gasteiger partial charge in [-0.25, -0.2) is 0 Å². The molecule has 1 aliphatic heterocycles. The van der Waals surface area contributed by atoms with Crippen molar-refractivity contribution >= 4 is 16.8 Å². The summed E-state index contributed by atoms with van der Waals surface area (Å²) in [6.45, 7) is 7.66. The van der Waals surface area contributed by atoms with Crippen LogP contribution >= 0.6 is 0 Å². The summed E-state index contributed by atoms with van der Waals surface area (Å²) in [6.07, 6.45) is 1.73. The molecule has 0 spiro atoms. The zero-order valence-electron chi connectivity index (χ0n) is 12.9. The van der Waals surface area contributed by atoms with Gasteiger partial charge in [-0.1, -0.05) is 0 Å². The van der Waals surface area contributed by atoms with Crippen molar-refractivity contribution in [1.82, 2.24) is 10.3 Å². The van der Waals surface area contributed by atoms with Crippen molar-refractivity contribution in [3.05, 3.63) is 35.0 Å². The second-order valence-electron chi connectivity index (χ2n) is 6.26. The number of hydrogen-bond donors (Lipinski definition) is 2. The Morgan fingerprint density at radius 3 is 2.71 bits per heavy atom. The first-order chi connectivity index (χ1) is 9.98. The monoisotopic (exact) mass is 286 g/mol. The van der Waals surface area contributed by atoms with E-state index in [1.54, 1.807) is 0 Å². The number of ether oxygens (including phenoxy) is 1. The van der Waals surface area contributed by atoms with Gasteiger partial charge in [0, 0.05) is 40.9 Å². The number of amides is 1. The largest absolute Gasteiger partial charge is 0.381 e. The van der Waals surface area contributed by atoms with Crippen LogP contribution in [-0.2, 0) is 4.74 Å². The fraction of sp³-hybridized carbons (Fsp3) is 0.471. The Hall–Kier alpha value is -1.81. The summed E-state index contributed by atoms with van der Waals surface area (Å²) in [5.74, 6) is -0.000414. The Morgan fingerprint density at radius 2 is 2.00 bits per heavy atom. The summed E-state index contributed by atoms with van der Waals surface area (Å²) >= 11 is 0. The number of fused-ring (bicyclic) bond motifs is 1. The average molecular weight is 286 g/mol. The van der Waals surface area contributed by atoms with E-state index in [9.17, 15) is 4.79 Å². The molecule has 1 amide bonds. The fourth-order valence-electron chi connectivity index (χ4n) is 2.90.